The number of nitrogens with one attached hydrogen (secondary N) is 1. The zero-order valence-corrected chi connectivity index (χ0v) is 15.1. The van der Waals surface area contributed by atoms with Crippen LogP contribution in [0.25, 0.3) is 11.1 Å². The van der Waals surface area contributed by atoms with Gasteiger partial charge in [-0.2, -0.15) is 0 Å². The topological polar surface area (TPSA) is 58.6 Å². The summed E-state index contributed by atoms with van der Waals surface area (Å²) in [7, 11) is 0. The molecule has 4 rings (SSSR count). The number of benzene rings is 3. The van der Waals surface area contributed by atoms with Crippen LogP contribution in [0.1, 0.15) is 11.1 Å². The van der Waals surface area contributed by atoms with E-state index in [0.29, 0.717) is 29.7 Å². The molecule has 142 valence electrons. The Kier molecular flexibility index (Phi) is 4.98. The van der Waals surface area contributed by atoms with E-state index in [2.05, 4.69) is 5.32 Å². The highest BCUT2D eigenvalue weighted by atomic mass is 19.1. The lowest BCUT2D eigenvalue weighted by molar-refractivity contribution is 0.154. The molecule has 28 heavy (non-hydrogen) atoms. The molecule has 4 nitrogen and oxygen atoms in total. The fourth-order valence-corrected chi connectivity index (χ4v) is 3.71. The smallest absolute Gasteiger partial charge is 0.405 e. The van der Waals surface area contributed by atoms with E-state index in [1.165, 1.54) is 6.07 Å². The van der Waals surface area contributed by atoms with E-state index in [-0.39, 0.29) is 11.9 Å². The van der Waals surface area contributed by atoms with Crippen LogP contribution < -0.4 is 10.1 Å². The first-order valence-electron chi connectivity index (χ1n) is 9.18. The fraction of sp³-hybridized carbons (Fsp3) is 0.174. The van der Waals surface area contributed by atoms with Gasteiger partial charge < -0.3 is 15.2 Å². The van der Waals surface area contributed by atoms with Crippen LogP contribution in [0.4, 0.5) is 9.18 Å². The van der Waals surface area contributed by atoms with E-state index >= 15 is 0 Å². The Morgan fingerprint density at radius 3 is 2.50 bits per heavy atom. The molecule has 5 heteroatoms. The lowest BCUT2D eigenvalue weighted by atomic mass is 9.96. The summed E-state index contributed by atoms with van der Waals surface area (Å²) >= 11 is 0. The van der Waals surface area contributed by atoms with Crippen LogP contribution in [0.3, 0.4) is 0 Å². The number of fused-ring (bicyclic) bond motifs is 1. The summed E-state index contributed by atoms with van der Waals surface area (Å²) < 4.78 is 20.5. The average Bonchev–Trinajstić information content (AvgIpc) is 3.13. The molecule has 0 radical (unpaired) electrons. The van der Waals surface area contributed by atoms with Gasteiger partial charge in [-0.15, -0.1) is 0 Å². The summed E-state index contributed by atoms with van der Waals surface area (Å²) in [6.07, 6.45) is -0.370. The molecule has 3 aromatic carbocycles. The number of amides is 1. The molecule has 1 aliphatic heterocycles. The van der Waals surface area contributed by atoms with Gasteiger partial charge in [0.2, 0.25) is 0 Å². The van der Waals surface area contributed by atoms with Crippen LogP contribution in [-0.2, 0) is 12.8 Å². The molecule has 0 aliphatic carbocycles. The maximum absolute atomic E-state index is 14.3. The summed E-state index contributed by atoms with van der Waals surface area (Å²) in [5.41, 5.74) is 3.14. The first kappa shape index (κ1) is 18.0. The summed E-state index contributed by atoms with van der Waals surface area (Å²) in [5.74, 6) is 0.315. The third-order valence-corrected chi connectivity index (χ3v) is 5.01. The van der Waals surface area contributed by atoms with E-state index in [1.807, 2.05) is 48.5 Å². The van der Waals surface area contributed by atoms with Crippen molar-refractivity contribution in [3.8, 4) is 16.9 Å². The molecular formula is C23H20FNO3. The van der Waals surface area contributed by atoms with Gasteiger partial charge in [-0.05, 0) is 23.6 Å². The number of rotatable bonds is 5. The van der Waals surface area contributed by atoms with Crippen LogP contribution in [0.15, 0.2) is 72.8 Å². The van der Waals surface area contributed by atoms with Gasteiger partial charge in [0.05, 0.1) is 6.04 Å². The Labute approximate surface area is 162 Å². The molecule has 3 aromatic rings. The minimum atomic E-state index is -1.09. The maximum atomic E-state index is 14.3. The van der Waals surface area contributed by atoms with Crippen molar-refractivity contribution in [2.45, 2.75) is 25.0 Å². The monoisotopic (exact) mass is 377 g/mol. The molecule has 1 amide bonds. The van der Waals surface area contributed by atoms with Gasteiger partial charge in [0.15, 0.2) is 0 Å². The summed E-state index contributed by atoms with van der Waals surface area (Å²) in [6, 6.07) is 21.5. The summed E-state index contributed by atoms with van der Waals surface area (Å²) in [6.45, 7) is 0. The lowest BCUT2D eigenvalue weighted by Crippen LogP contribution is -2.46. The molecule has 0 bridgehead atoms. The molecule has 0 fully saturated rings. The number of hydrogen-bond donors (Lipinski definition) is 2. The van der Waals surface area contributed by atoms with Gasteiger partial charge in [0.1, 0.15) is 17.7 Å². The quantitative estimate of drug-likeness (QED) is 0.679. The van der Waals surface area contributed by atoms with Crippen molar-refractivity contribution in [2.24, 2.45) is 0 Å². The molecule has 2 unspecified atom stereocenters. The predicted molar refractivity (Wildman–Crippen MR) is 105 cm³/mol. The van der Waals surface area contributed by atoms with Crippen LogP contribution in [0.2, 0.25) is 0 Å². The van der Waals surface area contributed by atoms with Crippen molar-refractivity contribution in [3.63, 3.8) is 0 Å². The first-order chi connectivity index (χ1) is 13.6. The van der Waals surface area contributed by atoms with Crippen molar-refractivity contribution >= 4 is 6.09 Å². The normalized spacial score (nSPS) is 16.1. The Morgan fingerprint density at radius 2 is 1.75 bits per heavy atom. The first-order valence-corrected chi connectivity index (χ1v) is 9.18. The van der Waals surface area contributed by atoms with E-state index in [9.17, 15) is 14.3 Å². The minimum absolute atomic E-state index is 0.313. The standard InChI is InChI=1S/C23H20FNO3/c24-19-12-5-4-10-17(19)18-11-6-9-16-14-21(28-22(16)18)20(25-23(26)27)13-15-7-2-1-3-8-15/h1-12,20-21,25H,13-14H2,(H,26,27). The largest absolute Gasteiger partial charge is 0.487 e. The molecular weight excluding hydrogens is 357 g/mol. The molecule has 0 saturated heterocycles. The maximum Gasteiger partial charge on any atom is 0.405 e. The van der Waals surface area contributed by atoms with Gasteiger partial charge in [0.25, 0.3) is 0 Å². The summed E-state index contributed by atoms with van der Waals surface area (Å²) in [5, 5.41) is 11.9. The van der Waals surface area contributed by atoms with Gasteiger partial charge in [-0.1, -0.05) is 66.7 Å². The molecule has 2 atom stereocenters. The molecule has 0 spiro atoms. The third-order valence-electron chi connectivity index (χ3n) is 5.01. The van der Waals surface area contributed by atoms with Gasteiger partial charge in [-0.25, -0.2) is 9.18 Å². The van der Waals surface area contributed by atoms with E-state index in [0.717, 1.165) is 11.1 Å². The second kappa shape index (κ2) is 7.72. The number of hydrogen-bond acceptors (Lipinski definition) is 2. The van der Waals surface area contributed by atoms with Crippen molar-refractivity contribution in [3.05, 3.63) is 89.7 Å². The zero-order chi connectivity index (χ0) is 19.5. The molecule has 0 aromatic heterocycles. The highest BCUT2D eigenvalue weighted by Crippen LogP contribution is 2.40. The van der Waals surface area contributed by atoms with Crippen molar-refractivity contribution < 1.29 is 19.0 Å². The highest BCUT2D eigenvalue weighted by molar-refractivity contribution is 5.73. The van der Waals surface area contributed by atoms with E-state index in [4.69, 9.17) is 4.74 Å². The van der Waals surface area contributed by atoms with Crippen molar-refractivity contribution in [1.82, 2.24) is 5.32 Å². The Morgan fingerprint density at radius 1 is 1.04 bits per heavy atom. The molecule has 1 heterocycles. The number of halogens is 1. The third kappa shape index (κ3) is 3.69. The highest BCUT2D eigenvalue weighted by Gasteiger charge is 2.33. The van der Waals surface area contributed by atoms with E-state index in [1.54, 1.807) is 18.2 Å². The summed E-state index contributed by atoms with van der Waals surface area (Å²) in [4.78, 5) is 11.3. The second-order valence-electron chi connectivity index (χ2n) is 6.88. The second-order valence-corrected chi connectivity index (χ2v) is 6.88. The average molecular weight is 377 g/mol. The minimum Gasteiger partial charge on any atom is -0.487 e. The molecule has 1 aliphatic rings. The van der Waals surface area contributed by atoms with Crippen LogP contribution in [0, 0.1) is 5.82 Å². The van der Waals surface area contributed by atoms with Crippen molar-refractivity contribution in [1.29, 1.82) is 0 Å². The van der Waals surface area contributed by atoms with E-state index < -0.39 is 12.1 Å². The number of para-hydroxylation sites is 1. The predicted octanol–water partition coefficient (Wildman–Crippen LogP) is 4.68. The Bertz CT molecular complexity index is 990. The van der Waals surface area contributed by atoms with Crippen molar-refractivity contribution in [2.75, 3.05) is 0 Å². The Hall–Kier alpha value is -3.34. The molecule has 2 N–H and O–H groups in total. The lowest BCUT2D eigenvalue weighted by Gasteiger charge is -2.23. The van der Waals surface area contributed by atoms with Crippen LogP contribution >= 0.6 is 0 Å². The SMILES string of the molecule is O=C(O)NC(Cc1ccccc1)C1Cc2cccc(-c3ccccc3F)c2O1. The Balaban J connectivity index is 1.63. The zero-order valence-electron chi connectivity index (χ0n) is 15.1. The van der Waals surface area contributed by atoms with Gasteiger partial charge >= 0.3 is 6.09 Å². The number of carboxylic acid groups (broad SMARTS) is 1. The van der Waals surface area contributed by atoms with Gasteiger partial charge in [-0.3, -0.25) is 0 Å². The number of carbonyl (C=O) groups is 1. The molecule has 0 saturated carbocycles. The van der Waals surface area contributed by atoms with Crippen LogP contribution in [-0.4, -0.2) is 23.3 Å². The van der Waals surface area contributed by atoms with Crippen LogP contribution in [0.5, 0.6) is 5.75 Å². The van der Waals surface area contributed by atoms with Gasteiger partial charge in [0, 0.05) is 17.5 Å². The number of ether oxygens (including phenoxy) is 1. The fourth-order valence-electron chi connectivity index (χ4n) is 3.71.